The van der Waals surface area contributed by atoms with E-state index in [1.165, 1.54) is 9.13 Å². The molecule has 0 atom stereocenters. The summed E-state index contributed by atoms with van der Waals surface area (Å²) in [4.78, 5) is 0. The summed E-state index contributed by atoms with van der Waals surface area (Å²) in [5.41, 5.74) is 2.40. The summed E-state index contributed by atoms with van der Waals surface area (Å²) < 4.78 is 1.20. The van der Waals surface area contributed by atoms with E-state index in [1.807, 2.05) is 31.2 Å². The zero-order chi connectivity index (χ0) is 13.0. The number of aryl methyl sites for hydroxylation is 1. The normalized spacial score (nSPS) is 11.1. The first-order valence-electron chi connectivity index (χ1n) is 5.07. The van der Waals surface area contributed by atoms with Gasteiger partial charge in [0.25, 0.3) is 0 Å². The number of nitriles is 1. The minimum absolute atomic E-state index is 0.271. The van der Waals surface area contributed by atoms with Gasteiger partial charge in [0.15, 0.2) is 0 Å². The van der Waals surface area contributed by atoms with E-state index >= 15 is 0 Å². The van der Waals surface area contributed by atoms with Crippen LogP contribution in [0.4, 0.5) is 5.69 Å². The number of halogens is 1. The van der Waals surface area contributed by atoms with E-state index in [0.717, 1.165) is 5.69 Å². The molecule has 7 heteroatoms. The van der Waals surface area contributed by atoms with Crippen molar-refractivity contribution in [2.24, 2.45) is 0 Å². The van der Waals surface area contributed by atoms with Gasteiger partial charge >= 0.3 is 0 Å². The number of hydrogen-bond donors (Lipinski definition) is 2. The highest BCUT2D eigenvalue weighted by molar-refractivity contribution is 14.1. The van der Waals surface area contributed by atoms with Gasteiger partial charge < -0.3 is 5.32 Å². The Hall–Kier alpha value is -1.95. The first kappa shape index (κ1) is 12.5. The molecule has 1 heterocycles. The molecule has 2 aromatic rings. The molecule has 0 unspecified atom stereocenters. The Balaban J connectivity index is 2.19. The van der Waals surface area contributed by atoms with Gasteiger partial charge in [-0.25, -0.2) is 0 Å². The third-order valence-electron chi connectivity index (χ3n) is 2.25. The van der Waals surface area contributed by atoms with Gasteiger partial charge in [-0.15, -0.1) is 10.2 Å². The molecule has 6 nitrogen and oxygen atoms in total. The second-order valence-electron chi connectivity index (χ2n) is 3.51. The van der Waals surface area contributed by atoms with Gasteiger partial charge in [-0.1, -0.05) is 0 Å². The lowest BCUT2D eigenvalue weighted by Gasteiger charge is -2.04. The Morgan fingerprint density at radius 3 is 3.00 bits per heavy atom. The maximum atomic E-state index is 8.99. The van der Waals surface area contributed by atoms with E-state index in [0.29, 0.717) is 5.57 Å². The van der Waals surface area contributed by atoms with E-state index in [4.69, 9.17) is 5.26 Å². The van der Waals surface area contributed by atoms with Crippen molar-refractivity contribution in [2.45, 2.75) is 6.92 Å². The summed E-state index contributed by atoms with van der Waals surface area (Å²) in [5.74, 6) is 0.271. The van der Waals surface area contributed by atoms with E-state index in [-0.39, 0.29) is 5.82 Å². The van der Waals surface area contributed by atoms with Crippen molar-refractivity contribution in [3.05, 3.63) is 39.4 Å². The van der Waals surface area contributed by atoms with Crippen LogP contribution < -0.4 is 5.32 Å². The van der Waals surface area contributed by atoms with Crippen LogP contribution in [0, 0.1) is 21.8 Å². The standard InChI is InChI=1S/C11H9IN6/c1-7-4-9(2-3-10(7)12)14-6-8(5-13)11-15-17-18-16-11/h2-4,6,14H,1H3,(H,15,16,17,18). The van der Waals surface area contributed by atoms with Gasteiger partial charge in [-0.2, -0.15) is 10.5 Å². The summed E-state index contributed by atoms with van der Waals surface area (Å²) in [6, 6.07) is 7.96. The first-order chi connectivity index (χ1) is 8.70. The molecular formula is C11H9IN6. The SMILES string of the molecule is Cc1cc(NC=C(C#N)c2nn[nH]n2)ccc1I. The number of rotatable bonds is 3. The van der Waals surface area contributed by atoms with Gasteiger partial charge in [-0.3, -0.25) is 0 Å². The molecule has 0 aliphatic carbocycles. The Morgan fingerprint density at radius 1 is 1.56 bits per heavy atom. The van der Waals surface area contributed by atoms with Gasteiger partial charge in [0.05, 0.1) is 0 Å². The molecule has 18 heavy (non-hydrogen) atoms. The first-order valence-corrected chi connectivity index (χ1v) is 6.15. The van der Waals surface area contributed by atoms with Gasteiger partial charge in [0.1, 0.15) is 11.6 Å². The molecule has 2 N–H and O–H groups in total. The van der Waals surface area contributed by atoms with Crippen molar-refractivity contribution in [1.29, 1.82) is 5.26 Å². The lowest BCUT2D eigenvalue weighted by molar-refractivity contribution is 0.881. The molecule has 0 aliphatic heterocycles. The highest BCUT2D eigenvalue weighted by Crippen LogP contribution is 2.17. The van der Waals surface area contributed by atoms with Crippen LogP contribution in [0.3, 0.4) is 0 Å². The second-order valence-corrected chi connectivity index (χ2v) is 4.68. The number of anilines is 1. The number of benzene rings is 1. The van der Waals surface area contributed by atoms with Crippen molar-refractivity contribution in [3.63, 3.8) is 0 Å². The highest BCUT2D eigenvalue weighted by atomic mass is 127. The van der Waals surface area contributed by atoms with E-state index in [1.54, 1.807) is 6.20 Å². The Kier molecular flexibility index (Phi) is 3.88. The van der Waals surface area contributed by atoms with Crippen molar-refractivity contribution in [1.82, 2.24) is 20.6 Å². The van der Waals surface area contributed by atoms with Crippen LogP contribution in [0.25, 0.3) is 5.57 Å². The van der Waals surface area contributed by atoms with Crippen LogP contribution in [0.15, 0.2) is 24.4 Å². The lowest BCUT2D eigenvalue weighted by Crippen LogP contribution is -1.94. The van der Waals surface area contributed by atoms with Crippen LogP contribution >= 0.6 is 22.6 Å². The number of aromatic nitrogens is 4. The maximum absolute atomic E-state index is 8.99. The summed E-state index contributed by atoms with van der Waals surface area (Å²) in [6.07, 6.45) is 1.56. The molecular weight excluding hydrogens is 343 g/mol. The number of nitrogens with zero attached hydrogens (tertiary/aromatic N) is 4. The molecule has 2 rings (SSSR count). The van der Waals surface area contributed by atoms with Crippen molar-refractivity contribution >= 4 is 33.9 Å². The largest absolute Gasteiger partial charge is 0.360 e. The zero-order valence-electron chi connectivity index (χ0n) is 9.48. The summed E-state index contributed by atoms with van der Waals surface area (Å²) >= 11 is 2.27. The predicted molar refractivity (Wildman–Crippen MR) is 75.3 cm³/mol. The summed E-state index contributed by atoms with van der Waals surface area (Å²) in [6.45, 7) is 2.03. The van der Waals surface area contributed by atoms with Crippen LogP contribution in [-0.4, -0.2) is 20.6 Å². The number of nitrogens with one attached hydrogen (secondary N) is 2. The smallest absolute Gasteiger partial charge is 0.216 e. The molecule has 0 aliphatic rings. The topological polar surface area (TPSA) is 90.3 Å². The quantitative estimate of drug-likeness (QED) is 0.652. The highest BCUT2D eigenvalue weighted by Gasteiger charge is 2.05. The van der Waals surface area contributed by atoms with E-state index in [2.05, 4.69) is 48.5 Å². The predicted octanol–water partition coefficient (Wildman–Crippen LogP) is 2.09. The van der Waals surface area contributed by atoms with Crippen LogP contribution in [0.5, 0.6) is 0 Å². The average Bonchev–Trinajstić information content (AvgIpc) is 2.88. The number of aromatic amines is 1. The van der Waals surface area contributed by atoms with Crippen molar-refractivity contribution < 1.29 is 0 Å². The molecule has 0 bridgehead atoms. The molecule has 0 fully saturated rings. The van der Waals surface area contributed by atoms with Crippen LogP contribution in [0.2, 0.25) is 0 Å². The Bertz CT molecular complexity index is 611. The van der Waals surface area contributed by atoms with E-state index < -0.39 is 0 Å². The fourth-order valence-electron chi connectivity index (χ4n) is 1.31. The number of H-pyrrole nitrogens is 1. The molecule has 90 valence electrons. The molecule has 0 saturated carbocycles. The third-order valence-corrected chi connectivity index (χ3v) is 3.46. The summed E-state index contributed by atoms with van der Waals surface area (Å²) in [5, 5.41) is 25.3. The van der Waals surface area contributed by atoms with Gasteiger partial charge in [-0.05, 0) is 58.5 Å². The fraction of sp³-hybridized carbons (Fsp3) is 0.0909. The second kappa shape index (κ2) is 5.59. The van der Waals surface area contributed by atoms with Crippen LogP contribution in [0.1, 0.15) is 11.4 Å². The van der Waals surface area contributed by atoms with Gasteiger partial charge in [0, 0.05) is 15.5 Å². The third kappa shape index (κ3) is 2.84. The monoisotopic (exact) mass is 352 g/mol. The number of tetrazole rings is 1. The number of allylic oxidation sites excluding steroid dienone is 1. The van der Waals surface area contributed by atoms with Gasteiger partial charge in [0.2, 0.25) is 5.82 Å². The molecule has 0 saturated heterocycles. The molecule has 1 aromatic carbocycles. The molecule has 1 aromatic heterocycles. The molecule has 0 amide bonds. The zero-order valence-corrected chi connectivity index (χ0v) is 11.6. The summed E-state index contributed by atoms with van der Waals surface area (Å²) in [7, 11) is 0. The number of hydrogen-bond acceptors (Lipinski definition) is 5. The Labute approximate surface area is 117 Å². The van der Waals surface area contributed by atoms with Crippen molar-refractivity contribution in [2.75, 3.05) is 5.32 Å². The Morgan fingerprint density at radius 2 is 2.39 bits per heavy atom. The average molecular weight is 352 g/mol. The lowest BCUT2D eigenvalue weighted by atomic mass is 10.2. The minimum Gasteiger partial charge on any atom is -0.360 e. The molecule has 0 radical (unpaired) electrons. The maximum Gasteiger partial charge on any atom is 0.216 e. The van der Waals surface area contributed by atoms with Crippen molar-refractivity contribution in [3.8, 4) is 6.07 Å². The van der Waals surface area contributed by atoms with E-state index in [9.17, 15) is 0 Å². The fourth-order valence-corrected chi connectivity index (χ4v) is 1.65. The van der Waals surface area contributed by atoms with Crippen LogP contribution in [-0.2, 0) is 0 Å². The minimum atomic E-state index is 0.271. The molecule has 0 spiro atoms.